The van der Waals surface area contributed by atoms with E-state index in [2.05, 4.69) is 40.5 Å². The van der Waals surface area contributed by atoms with Crippen molar-refractivity contribution in [2.45, 2.75) is 63.1 Å². The van der Waals surface area contributed by atoms with Crippen LogP contribution < -0.4 is 19.7 Å². The van der Waals surface area contributed by atoms with Gasteiger partial charge in [0.25, 0.3) is 0 Å². The molecule has 34 heavy (non-hydrogen) atoms. The molecular weight excluding hydrogens is 428 g/mol. The molecule has 3 fully saturated rings. The van der Waals surface area contributed by atoms with Crippen LogP contribution in [-0.4, -0.2) is 48.2 Å². The first-order chi connectivity index (χ1) is 16.7. The molecule has 3 heterocycles. The van der Waals surface area contributed by atoms with Crippen molar-refractivity contribution in [1.82, 2.24) is 10.2 Å². The number of carbonyl (C=O) groups is 1. The number of nitrogens with zero attached hydrogens (tertiary/aromatic N) is 3. The van der Waals surface area contributed by atoms with Crippen molar-refractivity contribution >= 4 is 17.6 Å². The number of amides is 2. The number of urea groups is 1. The van der Waals surface area contributed by atoms with Crippen LogP contribution in [0.1, 0.15) is 50.5 Å². The molecular formula is C27H32N4O3. The molecule has 1 aliphatic carbocycles. The number of piperidine rings is 1. The summed E-state index contributed by atoms with van der Waals surface area (Å²) in [7, 11) is 0. The van der Waals surface area contributed by atoms with E-state index in [0.717, 1.165) is 62.6 Å². The second kappa shape index (κ2) is 8.95. The van der Waals surface area contributed by atoms with Gasteiger partial charge in [-0.1, -0.05) is 49.6 Å². The van der Waals surface area contributed by atoms with Gasteiger partial charge in [0.15, 0.2) is 11.5 Å². The Morgan fingerprint density at radius 3 is 2.53 bits per heavy atom. The van der Waals surface area contributed by atoms with Crippen molar-refractivity contribution in [1.29, 1.82) is 0 Å². The fourth-order valence-electron chi connectivity index (χ4n) is 5.89. The Balaban J connectivity index is 1.31. The number of hydrogen-bond acceptors (Lipinski definition) is 5. The predicted molar refractivity (Wildman–Crippen MR) is 132 cm³/mol. The molecule has 6 rings (SSSR count). The molecule has 2 aromatic rings. The number of carbonyl (C=O) groups excluding carboxylic acids is 1. The number of anilines is 1. The summed E-state index contributed by atoms with van der Waals surface area (Å²) in [5, 5.41) is 3.19. The smallest absolute Gasteiger partial charge is 0.328 e. The van der Waals surface area contributed by atoms with E-state index >= 15 is 0 Å². The summed E-state index contributed by atoms with van der Waals surface area (Å²) >= 11 is 0. The first-order valence-electron chi connectivity index (χ1n) is 12.6. The molecule has 0 radical (unpaired) electrons. The van der Waals surface area contributed by atoms with Crippen LogP contribution in [0.25, 0.3) is 0 Å². The highest BCUT2D eigenvalue weighted by atomic mass is 16.7. The fourth-order valence-corrected chi connectivity index (χ4v) is 5.89. The molecule has 2 saturated heterocycles. The fraction of sp³-hybridized carbons (Fsp3) is 0.481. The van der Waals surface area contributed by atoms with Crippen molar-refractivity contribution in [3.05, 3.63) is 54.1 Å². The molecule has 2 amide bonds. The summed E-state index contributed by atoms with van der Waals surface area (Å²) < 4.78 is 11.1. The number of aliphatic imine (C=N–C) groups is 1. The van der Waals surface area contributed by atoms with Crippen molar-refractivity contribution in [3.8, 4) is 11.5 Å². The minimum atomic E-state index is -0.449. The molecule has 1 saturated carbocycles. The Labute approximate surface area is 200 Å². The average Bonchev–Trinajstić information content (AvgIpc) is 3.44. The van der Waals surface area contributed by atoms with Gasteiger partial charge in [-0.15, -0.1) is 0 Å². The number of hydrogen-bond donors (Lipinski definition) is 1. The largest absolute Gasteiger partial charge is 0.454 e. The highest BCUT2D eigenvalue weighted by molar-refractivity contribution is 6.19. The van der Waals surface area contributed by atoms with Crippen LogP contribution in [0.5, 0.6) is 11.5 Å². The molecule has 178 valence electrons. The van der Waals surface area contributed by atoms with Crippen LogP contribution in [0.2, 0.25) is 0 Å². The number of rotatable bonds is 4. The van der Waals surface area contributed by atoms with E-state index in [0.29, 0.717) is 11.8 Å². The third kappa shape index (κ3) is 3.92. The lowest BCUT2D eigenvalue weighted by atomic mass is 9.84. The van der Waals surface area contributed by atoms with E-state index in [4.69, 9.17) is 14.5 Å². The summed E-state index contributed by atoms with van der Waals surface area (Å²) in [6.07, 6.45) is 7.64. The Bertz CT molecular complexity index is 1070. The minimum absolute atomic E-state index is 0.0927. The Morgan fingerprint density at radius 2 is 1.74 bits per heavy atom. The summed E-state index contributed by atoms with van der Waals surface area (Å²) in [6, 6.07) is 16.6. The Hall–Kier alpha value is -3.06. The average molecular weight is 461 g/mol. The lowest BCUT2D eigenvalue weighted by Gasteiger charge is -2.44. The van der Waals surface area contributed by atoms with E-state index in [-0.39, 0.29) is 12.8 Å². The number of ether oxygens (including phenoxy) is 2. The molecule has 1 spiro atoms. The monoisotopic (exact) mass is 460 g/mol. The summed E-state index contributed by atoms with van der Waals surface area (Å²) in [5.41, 5.74) is 1.71. The molecule has 0 bridgehead atoms. The van der Waals surface area contributed by atoms with Crippen molar-refractivity contribution in [3.63, 3.8) is 0 Å². The van der Waals surface area contributed by atoms with E-state index in [1.54, 1.807) is 0 Å². The zero-order valence-electron chi connectivity index (χ0n) is 19.5. The number of likely N-dealkylation sites (tertiary alicyclic amines) is 1. The lowest BCUT2D eigenvalue weighted by Crippen LogP contribution is -2.57. The van der Waals surface area contributed by atoms with Gasteiger partial charge in [0.2, 0.25) is 6.79 Å². The molecule has 4 aliphatic rings. The normalized spacial score (nSPS) is 23.6. The van der Waals surface area contributed by atoms with Crippen molar-refractivity contribution in [2.75, 3.05) is 24.8 Å². The van der Waals surface area contributed by atoms with E-state index in [1.165, 1.54) is 24.8 Å². The van der Waals surface area contributed by atoms with Gasteiger partial charge >= 0.3 is 6.03 Å². The summed E-state index contributed by atoms with van der Waals surface area (Å²) in [4.78, 5) is 23.0. The standard InChI is InChI=1S/C27H32N4O3/c32-26-29-25(28-21-9-5-2-6-10-21)27(31(26)22-11-12-23-24(17-22)34-19-33-23)13-15-30(16-14-27)18-20-7-3-1-4-8-20/h1,3-4,7-8,11-12,17,21H,2,5-6,9-10,13-16,18-19H2,(H,28,29,32). The molecule has 0 atom stereocenters. The Morgan fingerprint density at radius 1 is 0.971 bits per heavy atom. The van der Waals surface area contributed by atoms with Gasteiger partial charge < -0.3 is 9.47 Å². The van der Waals surface area contributed by atoms with Gasteiger partial charge in [-0.05, 0) is 43.4 Å². The first-order valence-corrected chi connectivity index (χ1v) is 12.6. The maximum atomic E-state index is 13.4. The van der Waals surface area contributed by atoms with Crippen LogP contribution in [0.3, 0.4) is 0 Å². The highest BCUT2D eigenvalue weighted by Gasteiger charge is 2.53. The summed E-state index contributed by atoms with van der Waals surface area (Å²) in [5.74, 6) is 2.28. The van der Waals surface area contributed by atoms with E-state index in [1.807, 2.05) is 23.1 Å². The third-order valence-electron chi connectivity index (χ3n) is 7.73. The van der Waals surface area contributed by atoms with Crippen LogP contribution in [0, 0.1) is 0 Å². The van der Waals surface area contributed by atoms with Crippen molar-refractivity contribution < 1.29 is 14.3 Å². The molecule has 2 aromatic carbocycles. The maximum absolute atomic E-state index is 13.4. The highest BCUT2D eigenvalue weighted by Crippen LogP contribution is 2.42. The topological polar surface area (TPSA) is 66.4 Å². The zero-order chi connectivity index (χ0) is 23.0. The molecule has 7 nitrogen and oxygen atoms in total. The predicted octanol–water partition coefficient (Wildman–Crippen LogP) is 4.71. The molecule has 0 aromatic heterocycles. The summed E-state index contributed by atoms with van der Waals surface area (Å²) in [6.45, 7) is 2.97. The van der Waals surface area contributed by atoms with Gasteiger partial charge in [0, 0.05) is 25.7 Å². The second-order valence-corrected chi connectivity index (χ2v) is 9.87. The van der Waals surface area contributed by atoms with Crippen LogP contribution in [0.4, 0.5) is 10.5 Å². The molecule has 7 heteroatoms. The minimum Gasteiger partial charge on any atom is -0.454 e. The SMILES string of the molecule is O=C1NC(=NC2CCCCC2)C2(CCN(Cc3ccccc3)CC2)N1c1ccc2c(c1)OCO2. The van der Waals surface area contributed by atoms with E-state index in [9.17, 15) is 4.79 Å². The molecule has 3 aliphatic heterocycles. The number of fused-ring (bicyclic) bond motifs is 1. The Kier molecular flexibility index (Phi) is 5.65. The zero-order valence-corrected chi connectivity index (χ0v) is 19.5. The third-order valence-corrected chi connectivity index (χ3v) is 7.73. The lowest BCUT2D eigenvalue weighted by molar-refractivity contribution is 0.174. The van der Waals surface area contributed by atoms with Crippen molar-refractivity contribution in [2.24, 2.45) is 4.99 Å². The number of benzene rings is 2. The van der Waals surface area contributed by atoms with Crippen LogP contribution in [-0.2, 0) is 6.54 Å². The van der Waals surface area contributed by atoms with Gasteiger partial charge in [-0.25, -0.2) is 4.79 Å². The molecule has 0 unspecified atom stereocenters. The number of nitrogens with one attached hydrogen (secondary N) is 1. The van der Waals surface area contributed by atoms with Gasteiger partial charge in [0.1, 0.15) is 11.4 Å². The number of amidine groups is 1. The second-order valence-electron chi connectivity index (χ2n) is 9.87. The quantitative estimate of drug-likeness (QED) is 0.718. The van der Waals surface area contributed by atoms with E-state index < -0.39 is 5.54 Å². The van der Waals surface area contributed by atoms with Crippen LogP contribution >= 0.6 is 0 Å². The van der Waals surface area contributed by atoms with Gasteiger partial charge in [0.05, 0.1) is 11.7 Å². The molecule has 1 N–H and O–H groups in total. The first kappa shape index (κ1) is 21.5. The van der Waals surface area contributed by atoms with Gasteiger partial charge in [-0.3, -0.25) is 20.1 Å². The maximum Gasteiger partial charge on any atom is 0.328 e. The van der Waals surface area contributed by atoms with Crippen LogP contribution in [0.15, 0.2) is 53.5 Å². The van der Waals surface area contributed by atoms with Gasteiger partial charge in [-0.2, -0.15) is 0 Å².